The van der Waals surface area contributed by atoms with E-state index in [1.165, 1.54) is 22.5 Å². The van der Waals surface area contributed by atoms with Gasteiger partial charge in [0.1, 0.15) is 5.82 Å². The minimum Gasteiger partial charge on any atom is -0.326 e. The Kier molecular flexibility index (Phi) is 7.35. The number of carbonyl (C=O) groups excluding carboxylic acids is 1. The maximum Gasteiger partial charge on any atom is 0.243 e. The summed E-state index contributed by atoms with van der Waals surface area (Å²) in [5, 5.41) is 2.60. The summed E-state index contributed by atoms with van der Waals surface area (Å²) in [6, 6.07) is 10.5. The van der Waals surface area contributed by atoms with Gasteiger partial charge in [-0.15, -0.1) is 0 Å². The Bertz CT molecular complexity index is 898. The van der Waals surface area contributed by atoms with Crippen molar-refractivity contribution in [2.75, 3.05) is 18.4 Å². The summed E-state index contributed by atoms with van der Waals surface area (Å²) in [7, 11) is -3.49. The third-order valence-electron chi connectivity index (χ3n) is 4.11. The first-order valence-electron chi connectivity index (χ1n) is 8.62. The first kappa shape index (κ1) is 21.3. The molecule has 0 bridgehead atoms. The molecule has 2 rings (SSSR count). The van der Waals surface area contributed by atoms with Crippen molar-refractivity contribution >= 4 is 33.2 Å². The lowest BCUT2D eigenvalue weighted by atomic mass is 10.1. The quantitative estimate of drug-likeness (QED) is 0.710. The smallest absolute Gasteiger partial charge is 0.243 e. The Morgan fingerprint density at radius 3 is 2.30 bits per heavy atom. The van der Waals surface area contributed by atoms with Gasteiger partial charge in [-0.2, -0.15) is 4.31 Å². The number of amides is 1. The van der Waals surface area contributed by atoms with Crippen LogP contribution in [0.5, 0.6) is 0 Å². The van der Waals surface area contributed by atoms with E-state index in [1.54, 1.807) is 38.1 Å². The van der Waals surface area contributed by atoms with E-state index in [1.807, 2.05) is 0 Å². The van der Waals surface area contributed by atoms with Gasteiger partial charge in [-0.25, -0.2) is 12.8 Å². The average molecular weight is 413 g/mol. The van der Waals surface area contributed by atoms with Crippen LogP contribution < -0.4 is 5.32 Å². The molecular formula is C19H22ClFN2O3S. The van der Waals surface area contributed by atoms with Crippen molar-refractivity contribution in [1.82, 2.24) is 4.31 Å². The van der Waals surface area contributed by atoms with Crippen LogP contribution in [0.2, 0.25) is 5.02 Å². The van der Waals surface area contributed by atoms with E-state index in [-0.39, 0.29) is 22.2 Å². The first-order valence-corrected chi connectivity index (χ1v) is 10.4. The molecule has 0 unspecified atom stereocenters. The maximum absolute atomic E-state index is 13.1. The minimum absolute atomic E-state index is 0.0576. The second kappa shape index (κ2) is 9.30. The molecule has 0 fully saturated rings. The highest BCUT2D eigenvalue weighted by Crippen LogP contribution is 2.20. The number of benzene rings is 2. The fourth-order valence-corrected chi connectivity index (χ4v) is 4.23. The number of hydrogen-bond donors (Lipinski definition) is 1. The molecule has 2 aromatic carbocycles. The van der Waals surface area contributed by atoms with Crippen molar-refractivity contribution in [2.24, 2.45) is 0 Å². The lowest BCUT2D eigenvalue weighted by Gasteiger charge is -2.18. The zero-order valence-corrected chi connectivity index (χ0v) is 16.8. The fourth-order valence-electron chi connectivity index (χ4n) is 2.60. The highest BCUT2D eigenvalue weighted by Gasteiger charge is 2.21. The Labute approximate surface area is 164 Å². The third kappa shape index (κ3) is 5.51. The normalized spacial score (nSPS) is 11.6. The largest absolute Gasteiger partial charge is 0.326 e. The van der Waals surface area contributed by atoms with Gasteiger partial charge in [0, 0.05) is 25.2 Å². The highest BCUT2D eigenvalue weighted by molar-refractivity contribution is 7.89. The summed E-state index contributed by atoms with van der Waals surface area (Å²) in [6.07, 6.45) is 0.656. The zero-order chi connectivity index (χ0) is 20.0. The summed E-state index contributed by atoms with van der Waals surface area (Å²) in [5.41, 5.74) is 1.27. The number of nitrogens with one attached hydrogen (secondary N) is 1. The Morgan fingerprint density at radius 1 is 1.11 bits per heavy atom. The van der Waals surface area contributed by atoms with Crippen LogP contribution in [0.4, 0.5) is 10.1 Å². The second-order valence-corrected chi connectivity index (χ2v) is 8.26. The van der Waals surface area contributed by atoms with Gasteiger partial charge >= 0.3 is 0 Å². The van der Waals surface area contributed by atoms with Gasteiger partial charge in [-0.05, 0) is 42.3 Å². The number of halogens is 2. The van der Waals surface area contributed by atoms with E-state index < -0.39 is 15.8 Å². The molecule has 146 valence electrons. The van der Waals surface area contributed by atoms with Crippen LogP contribution in [0.1, 0.15) is 25.8 Å². The molecule has 1 amide bonds. The lowest BCUT2D eigenvalue weighted by Crippen LogP contribution is -2.30. The number of carbonyl (C=O) groups is 1. The standard InChI is InChI=1S/C19H22ClFN2O3S/c1-3-23(4-2)27(25,26)16-9-5-14(6-10-16)7-12-19(24)22-15-8-11-18(21)17(20)13-15/h5-6,8-11,13H,3-4,7,12H2,1-2H3,(H,22,24). The molecule has 0 aliphatic heterocycles. The summed E-state index contributed by atoms with van der Waals surface area (Å²) in [4.78, 5) is 12.3. The third-order valence-corrected chi connectivity index (χ3v) is 6.46. The molecule has 0 atom stereocenters. The number of anilines is 1. The van der Waals surface area contributed by atoms with E-state index in [4.69, 9.17) is 11.6 Å². The van der Waals surface area contributed by atoms with Crippen LogP contribution in [-0.2, 0) is 21.2 Å². The van der Waals surface area contributed by atoms with Crippen molar-refractivity contribution in [3.05, 3.63) is 58.9 Å². The average Bonchev–Trinajstić information content (AvgIpc) is 2.64. The van der Waals surface area contributed by atoms with Gasteiger partial charge < -0.3 is 5.32 Å². The predicted octanol–water partition coefficient (Wildman–Crippen LogP) is 4.08. The molecular weight excluding hydrogens is 391 g/mol. The molecule has 1 N–H and O–H groups in total. The van der Waals surface area contributed by atoms with E-state index in [0.29, 0.717) is 25.2 Å². The summed E-state index contributed by atoms with van der Waals surface area (Å²) < 4.78 is 39.4. The van der Waals surface area contributed by atoms with Crippen molar-refractivity contribution in [3.8, 4) is 0 Å². The monoisotopic (exact) mass is 412 g/mol. The van der Waals surface area contributed by atoms with Gasteiger partial charge in [0.2, 0.25) is 15.9 Å². The van der Waals surface area contributed by atoms with Gasteiger partial charge in [-0.3, -0.25) is 4.79 Å². The van der Waals surface area contributed by atoms with Gasteiger partial charge in [0.15, 0.2) is 0 Å². The van der Waals surface area contributed by atoms with Crippen LogP contribution in [0.15, 0.2) is 47.4 Å². The lowest BCUT2D eigenvalue weighted by molar-refractivity contribution is -0.116. The van der Waals surface area contributed by atoms with Crippen LogP contribution in [0, 0.1) is 5.82 Å². The topological polar surface area (TPSA) is 66.5 Å². The molecule has 0 aliphatic rings. The molecule has 0 radical (unpaired) electrons. The molecule has 0 heterocycles. The number of hydrogen-bond acceptors (Lipinski definition) is 3. The zero-order valence-electron chi connectivity index (χ0n) is 15.2. The molecule has 27 heavy (non-hydrogen) atoms. The Morgan fingerprint density at radius 2 is 1.74 bits per heavy atom. The Hall–Kier alpha value is -1.96. The van der Waals surface area contributed by atoms with Gasteiger partial charge in [0.25, 0.3) is 0 Å². The molecule has 0 aromatic heterocycles. The van der Waals surface area contributed by atoms with Crippen molar-refractivity contribution in [3.63, 3.8) is 0 Å². The van der Waals surface area contributed by atoms with E-state index in [2.05, 4.69) is 5.32 Å². The van der Waals surface area contributed by atoms with Crippen molar-refractivity contribution in [1.29, 1.82) is 0 Å². The highest BCUT2D eigenvalue weighted by atomic mass is 35.5. The molecule has 0 saturated heterocycles. The molecule has 0 aliphatic carbocycles. The number of rotatable bonds is 8. The second-order valence-electron chi connectivity index (χ2n) is 5.91. The first-order chi connectivity index (χ1) is 12.8. The van der Waals surface area contributed by atoms with Crippen LogP contribution in [0.25, 0.3) is 0 Å². The number of sulfonamides is 1. The van der Waals surface area contributed by atoms with Crippen molar-refractivity contribution in [2.45, 2.75) is 31.6 Å². The summed E-state index contributed by atoms with van der Waals surface area (Å²) in [5.74, 6) is -0.785. The van der Waals surface area contributed by atoms with Crippen LogP contribution in [-0.4, -0.2) is 31.7 Å². The molecule has 2 aromatic rings. The summed E-state index contributed by atoms with van der Waals surface area (Å²) >= 11 is 5.69. The van der Waals surface area contributed by atoms with Crippen LogP contribution in [0.3, 0.4) is 0 Å². The predicted molar refractivity (Wildman–Crippen MR) is 105 cm³/mol. The Balaban J connectivity index is 1.96. The molecule has 8 heteroatoms. The van der Waals surface area contributed by atoms with Gasteiger partial charge in [0.05, 0.1) is 9.92 Å². The maximum atomic E-state index is 13.1. The number of aryl methyl sites for hydroxylation is 1. The van der Waals surface area contributed by atoms with Crippen LogP contribution >= 0.6 is 11.6 Å². The van der Waals surface area contributed by atoms with E-state index >= 15 is 0 Å². The van der Waals surface area contributed by atoms with E-state index in [0.717, 1.165) is 5.56 Å². The number of nitrogens with zero attached hydrogens (tertiary/aromatic N) is 1. The molecule has 5 nitrogen and oxygen atoms in total. The minimum atomic E-state index is -3.49. The molecule has 0 saturated carbocycles. The van der Waals surface area contributed by atoms with E-state index in [9.17, 15) is 17.6 Å². The SMILES string of the molecule is CCN(CC)S(=O)(=O)c1ccc(CCC(=O)Nc2ccc(F)c(Cl)c2)cc1. The summed E-state index contributed by atoms with van der Waals surface area (Å²) in [6.45, 7) is 4.41. The fraction of sp³-hybridized carbons (Fsp3) is 0.316. The molecule has 0 spiro atoms. The van der Waals surface area contributed by atoms with Crippen molar-refractivity contribution < 1.29 is 17.6 Å². The van der Waals surface area contributed by atoms with Gasteiger partial charge in [-0.1, -0.05) is 37.6 Å².